The summed E-state index contributed by atoms with van der Waals surface area (Å²) >= 11 is 2.32. The van der Waals surface area contributed by atoms with Gasteiger partial charge in [-0.2, -0.15) is 0 Å². The van der Waals surface area contributed by atoms with Gasteiger partial charge in [0.1, 0.15) is 5.75 Å². The zero-order valence-electron chi connectivity index (χ0n) is 11.7. The smallest absolute Gasteiger partial charge is 0.119 e. The molecule has 0 saturated carbocycles. The first kappa shape index (κ1) is 15.2. The van der Waals surface area contributed by atoms with Gasteiger partial charge in [0.05, 0.1) is 6.61 Å². The third-order valence-corrected chi connectivity index (χ3v) is 3.68. The summed E-state index contributed by atoms with van der Waals surface area (Å²) in [7, 11) is 0. The number of hydrogen-bond acceptors (Lipinski definition) is 2. The van der Waals surface area contributed by atoms with E-state index in [-0.39, 0.29) is 0 Å². The molecule has 0 spiro atoms. The van der Waals surface area contributed by atoms with Crippen LogP contribution in [0.15, 0.2) is 48.5 Å². The molecule has 106 valence electrons. The van der Waals surface area contributed by atoms with E-state index in [9.17, 15) is 0 Å². The van der Waals surface area contributed by atoms with Crippen molar-refractivity contribution in [2.45, 2.75) is 26.3 Å². The minimum absolute atomic E-state index is 0.802. The van der Waals surface area contributed by atoms with Crippen molar-refractivity contribution >= 4 is 28.3 Å². The van der Waals surface area contributed by atoms with Crippen LogP contribution in [0, 0.1) is 3.57 Å². The Balaban J connectivity index is 1.84. The topological polar surface area (TPSA) is 21.3 Å². The van der Waals surface area contributed by atoms with Crippen molar-refractivity contribution < 1.29 is 4.74 Å². The number of rotatable bonds is 7. The molecule has 0 amide bonds. The zero-order chi connectivity index (χ0) is 14.2. The summed E-state index contributed by atoms with van der Waals surface area (Å²) < 4.78 is 6.90. The lowest BCUT2D eigenvalue weighted by molar-refractivity contribution is 0.309. The van der Waals surface area contributed by atoms with Crippen LogP contribution in [0.1, 0.15) is 25.3 Å². The Morgan fingerprint density at radius 1 is 1.10 bits per heavy atom. The Kier molecular flexibility index (Phi) is 6.18. The number of nitrogens with one attached hydrogen (secondary N) is 1. The third-order valence-electron chi connectivity index (χ3n) is 3.01. The molecule has 2 aromatic rings. The summed E-state index contributed by atoms with van der Waals surface area (Å²) in [6.07, 6.45) is 2.27. The minimum Gasteiger partial charge on any atom is -0.494 e. The van der Waals surface area contributed by atoms with Gasteiger partial charge >= 0.3 is 0 Å². The molecule has 0 saturated heterocycles. The Bertz CT molecular complexity index is 525. The maximum Gasteiger partial charge on any atom is 0.119 e. The lowest BCUT2D eigenvalue weighted by Crippen LogP contribution is -2.00. The highest BCUT2D eigenvalue weighted by Crippen LogP contribution is 2.16. The summed E-state index contributed by atoms with van der Waals surface area (Å²) in [6, 6.07) is 16.7. The first-order valence-corrected chi connectivity index (χ1v) is 8.07. The lowest BCUT2D eigenvalue weighted by atomic mass is 10.2. The molecule has 0 heterocycles. The normalized spacial score (nSPS) is 10.3. The zero-order valence-corrected chi connectivity index (χ0v) is 13.9. The van der Waals surface area contributed by atoms with Crippen LogP contribution >= 0.6 is 22.6 Å². The highest BCUT2D eigenvalue weighted by atomic mass is 127. The van der Waals surface area contributed by atoms with Gasteiger partial charge in [0.25, 0.3) is 0 Å². The van der Waals surface area contributed by atoms with Gasteiger partial charge in [-0.1, -0.05) is 31.5 Å². The first-order chi connectivity index (χ1) is 9.78. The van der Waals surface area contributed by atoms with Crippen molar-refractivity contribution in [3.05, 3.63) is 57.7 Å². The second-order valence-corrected chi connectivity index (χ2v) is 5.96. The quantitative estimate of drug-likeness (QED) is 0.533. The van der Waals surface area contributed by atoms with Gasteiger partial charge in [0.2, 0.25) is 0 Å². The fraction of sp³-hybridized carbons (Fsp3) is 0.294. The van der Waals surface area contributed by atoms with E-state index in [1.165, 1.54) is 9.13 Å². The van der Waals surface area contributed by atoms with E-state index in [2.05, 4.69) is 71.2 Å². The van der Waals surface area contributed by atoms with Gasteiger partial charge in [-0.25, -0.2) is 0 Å². The molecule has 20 heavy (non-hydrogen) atoms. The molecule has 0 aromatic heterocycles. The maximum absolute atomic E-state index is 5.66. The molecular weight excluding hydrogens is 361 g/mol. The van der Waals surface area contributed by atoms with Gasteiger partial charge in [-0.05, 0) is 64.9 Å². The van der Waals surface area contributed by atoms with E-state index < -0.39 is 0 Å². The SMILES string of the molecule is CCCCOc1ccc(CNc2cccc(I)c2)cc1. The van der Waals surface area contributed by atoms with Crippen molar-refractivity contribution in [1.29, 1.82) is 0 Å². The standard InChI is InChI=1S/C17H20INO/c1-2-3-11-20-17-9-7-14(8-10-17)13-19-16-6-4-5-15(18)12-16/h4-10,12,19H,2-3,11,13H2,1H3. The summed E-state index contributed by atoms with van der Waals surface area (Å²) in [6.45, 7) is 3.80. The Labute approximate surface area is 134 Å². The molecule has 2 rings (SSSR count). The minimum atomic E-state index is 0.802. The molecule has 0 aliphatic heterocycles. The van der Waals surface area contributed by atoms with Crippen LogP contribution in [-0.4, -0.2) is 6.61 Å². The first-order valence-electron chi connectivity index (χ1n) is 6.99. The Morgan fingerprint density at radius 2 is 1.90 bits per heavy atom. The highest BCUT2D eigenvalue weighted by Gasteiger charge is 1.97. The fourth-order valence-electron chi connectivity index (χ4n) is 1.84. The lowest BCUT2D eigenvalue weighted by Gasteiger charge is -2.09. The van der Waals surface area contributed by atoms with Crippen molar-refractivity contribution in [3.8, 4) is 5.75 Å². The maximum atomic E-state index is 5.66. The highest BCUT2D eigenvalue weighted by molar-refractivity contribution is 14.1. The van der Waals surface area contributed by atoms with Gasteiger partial charge in [-0.3, -0.25) is 0 Å². The third kappa shape index (κ3) is 5.04. The van der Waals surface area contributed by atoms with Crippen LogP contribution in [0.25, 0.3) is 0 Å². The summed E-state index contributed by atoms with van der Waals surface area (Å²) in [5, 5.41) is 3.43. The second-order valence-electron chi connectivity index (χ2n) is 4.71. The number of hydrogen-bond donors (Lipinski definition) is 1. The van der Waals surface area contributed by atoms with Crippen molar-refractivity contribution in [2.75, 3.05) is 11.9 Å². The predicted molar refractivity (Wildman–Crippen MR) is 93.3 cm³/mol. The summed E-state index contributed by atoms with van der Waals surface area (Å²) in [5.41, 5.74) is 2.41. The van der Waals surface area contributed by atoms with E-state index in [1.807, 2.05) is 12.1 Å². The molecule has 2 nitrogen and oxygen atoms in total. The number of ether oxygens (including phenoxy) is 1. The van der Waals surface area contributed by atoms with E-state index >= 15 is 0 Å². The predicted octanol–water partition coefficient (Wildman–Crippen LogP) is 5.08. The van der Waals surface area contributed by atoms with Gasteiger partial charge in [-0.15, -0.1) is 0 Å². The van der Waals surface area contributed by atoms with Gasteiger partial charge in [0, 0.05) is 15.8 Å². The molecule has 0 fully saturated rings. The molecule has 0 radical (unpaired) electrons. The van der Waals surface area contributed by atoms with Crippen LogP contribution < -0.4 is 10.1 Å². The van der Waals surface area contributed by atoms with Crippen LogP contribution in [0.4, 0.5) is 5.69 Å². The molecule has 0 atom stereocenters. The molecule has 2 aromatic carbocycles. The van der Waals surface area contributed by atoms with Crippen LogP contribution in [0.2, 0.25) is 0 Å². The fourth-order valence-corrected chi connectivity index (χ4v) is 2.38. The molecule has 0 bridgehead atoms. The van der Waals surface area contributed by atoms with E-state index in [4.69, 9.17) is 4.74 Å². The molecule has 0 unspecified atom stereocenters. The molecule has 0 aliphatic carbocycles. The monoisotopic (exact) mass is 381 g/mol. The van der Waals surface area contributed by atoms with Gasteiger partial charge < -0.3 is 10.1 Å². The van der Waals surface area contributed by atoms with Crippen LogP contribution in [-0.2, 0) is 6.54 Å². The van der Waals surface area contributed by atoms with E-state index in [1.54, 1.807) is 0 Å². The number of halogens is 1. The molecule has 0 aliphatic rings. The average Bonchev–Trinajstić information content (AvgIpc) is 2.47. The van der Waals surface area contributed by atoms with E-state index in [0.29, 0.717) is 0 Å². The number of benzene rings is 2. The van der Waals surface area contributed by atoms with Crippen molar-refractivity contribution in [3.63, 3.8) is 0 Å². The largest absolute Gasteiger partial charge is 0.494 e. The molecule has 3 heteroatoms. The second kappa shape index (κ2) is 8.15. The average molecular weight is 381 g/mol. The molecule has 1 N–H and O–H groups in total. The van der Waals surface area contributed by atoms with Gasteiger partial charge in [0.15, 0.2) is 0 Å². The number of anilines is 1. The summed E-state index contributed by atoms with van der Waals surface area (Å²) in [5.74, 6) is 0.955. The van der Waals surface area contributed by atoms with Crippen LogP contribution in [0.3, 0.4) is 0 Å². The summed E-state index contributed by atoms with van der Waals surface area (Å²) in [4.78, 5) is 0. The van der Waals surface area contributed by atoms with E-state index in [0.717, 1.165) is 37.4 Å². The Hall–Kier alpha value is -1.23. The van der Waals surface area contributed by atoms with Crippen molar-refractivity contribution in [1.82, 2.24) is 0 Å². The molecular formula is C17H20INO. The number of unbranched alkanes of at least 4 members (excludes halogenated alkanes) is 1. The van der Waals surface area contributed by atoms with Crippen LogP contribution in [0.5, 0.6) is 5.75 Å². The Morgan fingerprint density at radius 3 is 2.60 bits per heavy atom. The van der Waals surface area contributed by atoms with Crippen molar-refractivity contribution in [2.24, 2.45) is 0 Å².